The van der Waals surface area contributed by atoms with Crippen LogP contribution in [0.25, 0.3) is 21.7 Å². The SMILES string of the molecule is CN1CCCCC1Cn1cc(C(=O)c2cccc3ccccc23)c2ccc(N)cc21. The van der Waals surface area contributed by atoms with Gasteiger partial charge < -0.3 is 15.2 Å². The van der Waals surface area contributed by atoms with Crippen LogP contribution in [0, 0.1) is 0 Å². The number of aromatic nitrogens is 1. The average Bonchev–Trinajstić information content (AvgIpc) is 3.12. The minimum Gasteiger partial charge on any atom is -0.399 e. The van der Waals surface area contributed by atoms with Crippen molar-refractivity contribution in [2.45, 2.75) is 31.8 Å². The van der Waals surface area contributed by atoms with Gasteiger partial charge in [0.25, 0.3) is 0 Å². The van der Waals surface area contributed by atoms with Gasteiger partial charge in [-0.05, 0) is 49.3 Å². The van der Waals surface area contributed by atoms with Crippen molar-refractivity contribution in [2.75, 3.05) is 19.3 Å². The third-order valence-corrected chi connectivity index (χ3v) is 6.51. The van der Waals surface area contributed by atoms with E-state index < -0.39 is 0 Å². The van der Waals surface area contributed by atoms with Crippen molar-refractivity contribution in [3.05, 3.63) is 78.0 Å². The highest BCUT2D eigenvalue weighted by molar-refractivity contribution is 6.21. The highest BCUT2D eigenvalue weighted by Gasteiger charge is 2.23. The van der Waals surface area contributed by atoms with Gasteiger partial charge in [0.15, 0.2) is 5.78 Å². The highest BCUT2D eigenvalue weighted by atomic mass is 16.1. The van der Waals surface area contributed by atoms with Crippen molar-refractivity contribution >= 4 is 33.1 Å². The molecule has 0 aliphatic carbocycles. The van der Waals surface area contributed by atoms with Gasteiger partial charge in [0.1, 0.15) is 0 Å². The second-order valence-corrected chi connectivity index (χ2v) is 8.46. The molecule has 5 rings (SSSR count). The zero-order valence-electron chi connectivity index (χ0n) is 17.3. The van der Waals surface area contributed by atoms with E-state index in [0.717, 1.165) is 51.6 Å². The molecule has 152 valence electrons. The van der Waals surface area contributed by atoms with Crippen LogP contribution in [0.4, 0.5) is 5.69 Å². The van der Waals surface area contributed by atoms with Crippen LogP contribution in [0.5, 0.6) is 0 Å². The molecule has 1 unspecified atom stereocenters. The molecule has 1 saturated heterocycles. The number of benzene rings is 3. The molecular weight excluding hydrogens is 370 g/mol. The fourth-order valence-electron chi connectivity index (χ4n) is 4.81. The molecule has 4 aromatic rings. The number of likely N-dealkylation sites (N-methyl/N-ethyl adjacent to an activating group) is 1. The summed E-state index contributed by atoms with van der Waals surface area (Å²) >= 11 is 0. The average molecular weight is 398 g/mol. The minimum atomic E-state index is 0.0670. The van der Waals surface area contributed by atoms with Gasteiger partial charge in [0.2, 0.25) is 0 Å². The van der Waals surface area contributed by atoms with Crippen LogP contribution < -0.4 is 5.73 Å². The predicted molar refractivity (Wildman–Crippen MR) is 124 cm³/mol. The maximum Gasteiger partial charge on any atom is 0.195 e. The molecule has 1 fully saturated rings. The Morgan fingerprint density at radius 2 is 1.83 bits per heavy atom. The molecule has 2 heterocycles. The lowest BCUT2D eigenvalue weighted by molar-refractivity contribution is 0.104. The molecule has 0 saturated carbocycles. The van der Waals surface area contributed by atoms with E-state index in [9.17, 15) is 4.79 Å². The first-order valence-electron chi connectivity index (χ1n) is 10.7. The number of rotatable bonds is 4. The van der Waals surface area contributed by atoms with Crippen LogP contribution in [0.15, 0.2) is 66.9 Å². The quantitative estimate of drug-likeness (QED) is 0.385. The number of nitrogens with zero attached hydrogens (tertiary/aromatic N) is 2. The first kappa shape index (κ1) is 18.9. The van der Waals surface area contributed by atoms with Gasteiger partial charge in [-0.3, -0.25) is 4.79 Å². The normalized spacial score (nSPS) is 17.6. The Bertz CT molecular complexity index is 1230. The van der Waals surface area contributed by atoms with Gasteiger partial charge >= 0.3 is 0 Å². The molecule has 4 nitrogen and oxygen atoms in total. The zero-order valence-corrected chi connectivity index (χ0v) is 17.3. The number of hydrogen-bond donors (Lipinski definition) is 1. The second kappa shape index (κ2) is 7.62. The largest absolute Gasteiger partial charge is 0.399 e. The summed E-state index contributed by atoms with van der Waals surface area (Å²) in [5, 5.41) is 3.05. The first-order valence-corrected chi connectivity index (χ1v) is 10.7. The summed E-state index contributed by atoms with van der Waals surface area (Å²) in [6, 6.07) is 20.4. The lowest BCUT2D eigenvalue weighted by Crippen LogP contribution is -2.39. The molecule has 1 aliphatic rings. The van der Waals surface area contributed by atoms with Crippen molar-refractivity contribution < 1.29 is 4.79 Å². The molecule has 1 aromatic heterocycles. The zero-order chi connectivity index (χ0) is 20.7. The fourth-order valence-corrected chi connectivity index (χ4v) is 4.81. The van der Waals surface area contributed by atoms with Crippen molar-refractivity contribution in [3.8, 4) is 0 Å². The molecule has 0 spiro atoms. The number of hydrogen-bond acceptors (Lipinski definition) is 3. The fraction of sp³-hybridized carbons (Fsp3) is 0.269. The summed E-state index contributed by atoms with van der Waals surface area (Å²) in [5.74, 6) is 0.0670. The van der Waals surface area contributed by atoms with Crippen molar-refractivity contribution in [1.29, 1.82) is 0 Å². The van der Waals surface area contributed by atoms with Gasteiger partial charge in [-0.2, -0.15) is 0 Å². The van der Waals surface area contributed by atoms with Crippen LogP contribution in [0.1, 0.15) is 35.2 Å². The molecule has 4 heteroatoms. The number of anilines is 1. The number of carbonyl (C=O) groups is 1. The molecule has 0 bridgehead atoms. The Morgan fingerprint density at radius 3 is 2.70 bits per heavy atom. The van der Waals surface area contributed by atoms with Crippen LogP contribution in [0.3, 0.4) is 0 Å². The summed E-state index contributed by atoms with van der Waals surface area (Å²) in [6.45, 7) is 2.01. The lowest BCUT2D eigenvalue weighted by atomic mass is 9.97. The number of nitrogen functional groups attached to an aromatic ring is 1. The smallest absolute Gasteiger partial charge is 0.195 e. The third-order valence-electron chi connectivity index (χ3n) is 6.51. The topological polar surface area (TPSA) is 51.3 Å². The maximum atomic E-state index is 13.7. The highest BCUT2D eigenvalue weighted by Crippen LogP contribution is 2.29. The lowest BCUT2D eigenvalue weighted by Gasteiger charge is -2.32. The van der Waals surface area contributed by atoms with Gasteiger partial charge in [0.05, 0.1) is 5.52 Å². The first-order chi connectivity index (χ1) is 14.6. The molecule has 30 heavy (non-hydrogen) atoms. The predicted octanol–water partition coefficient (Wildman–Crippen LogP) is 5.09. The summed E-state index contributed by atoms with van der Waals surface area (Å²) in [5.41, 5.74) is 9.38. The van der Waals surface area contributed by atoms with E-state index in [4.69, 9.17) is 5.73 Å². The van der Waals surface area contributed by atoms with Crippen LogP contribution in [0.2, 0.25) is 0 Å². The van der Waals surface area contributed by atoms with E-state index in [1.54, 1.807) is 0 Å². The number of piperidine rings is 1. The monoisotopic (exact) mass is 397 g/mol. The molecule has 0 radical (unpaired) electrons. The molecule has 2 N–H and O–H groups in total. The maximum absolute atomic E-state index is 13.7. The van der Waals surface area contributed by atoms with E-state index in [0.29, 0.717) is 6.04 Å². The summed E-state index contributed by atoms with van der Waals surface area (Å²) in [7, 11) is 2.20. The number of nitrogens with two attached hydrogens (primary N) is 1. The van der Waals surface area contributed by atoms with Crippen molar-refractivity contribution in [3.63, 3.8) is 0 Å². The number of ketones is 1. The van der Waals surface area contributed by atoms with Crippen molar-refractivity contribution in [2.24, 2.45) is 0 Å². The Morgan fingerprint density at radius 1 is 1.00 bits per heavy atom. The molecular formula is C26H27N3O. The van der Waals surface area contributed by atoms with E-state index >= 15 is 0 Å². The minimum absolute atomic E-state index is 0.0670. The molecule has 1 aliphatic heterocycles. The molecule has 3 aromatic carbocycles. The number of carbonyl (C=O) groups excluding carboxylic acids is 1. The van der Waals surface area contributed by atoms with E-state index in [-0.39, 0.29) is 5.78 Å². The Hall–Kier alpha value is -3.11. The van der Waals surface area contributed by atoms with Gasteiger partial charge in [-0.15, -0.1) is 0 Å². The molecule has 0 amide bonds. The Labute approximate surface area is 176 Å². The second-order valence-electron chi connectivity index (χ2n) is 8.46. The summed E-state index contributed by atoms with van der Waals surface area (Å²) in [6.07, 6.45) is 5.75. The van der Waals surface area contributed by atoms with Crippen molar-refractivity contribution in [1.82, 2.24) is 9.47 Å². The third kappa shape index (κ3) is 3.27. The Kier molecular flexibility index (Phi) is 4.80. The van der Waals surface area contributed by atoms with E-state index in [1.165, 1.54) is 19.3 Å². The molecule has 1 atom stereocenters. The summed E-state index contributed by atoms with van der Waals surface area (Å²) in [4.78, 5) is 16.1. The number of likely N-dealkylation sites (tertiary alicyclic amines) is 1. The van der Waals surface area contributed by atoms with Crippen LogP contribution in [-0.4, -0.2) is 34.9 Å². The standard InChI is InChI=1S/C26H27N3O/c1-28-14-5-4-9-20(28)16-29-17-24(22-13-12-19(27)15-25(22)29)26(30)23-11-6-8-18-7-2-3-10-21(18)23/h2-3,6-8,10-13,15,17,20H,4-5,9,14,16,27H2,1H3. The van der Waals surface area contributed by atoms with Gasteiger partial charge in [-0.1, -0.05) is 55.0 Å². The van der Waals surface area contributed by atoms with Crippen LogP contribution in [-0.2, 0) is 6.54 Å². The Balaban J connectivity index is 1.61. The van der Waals surface area contributed by atoms with Gasteiger partial charge in [-0.25, -0.2) is 0 Å². The van der Waals surface area contributed by atoms with Gasteiger partial charge in [0, 0.05) is 41.0 Å². The summed E-state index contributed by atoms with van der Waals surface area (Å²) < 4.78 is 2.23. The van der Waals surface area contributed by atoms with E-state index in [2.05, 4.69) is 28.6 Å². The van der Waals surface area contributed by atoms with Crippen LogP contribution >= 0.6 is 0 Å². The number of fused-ring (bicyclic) bond motifs is 2. The van der Waals surface area contributed by atoms with E-state index in [1.807, 2.05) is 54.7 Å².